The number of halogens is 2. The Hall–Kier alpha value is -1.31. The number of hydrogen-bond donors (Lipinski definition) is 1. The summed E-state index contributed by atoms with van der Waals surface area (Å²) in [5.74, 6) is 0.568. The van der Waals surface area contributed by atoms with E-state index < -0.39 is 10.0 Å². The molecular weight excluding hydrogens is 301 g/mol. The predicted octanol–water partition coefficient (Wildman–Crippen LogP) is 2.49. The number of anilines is 1. The van der Waals surface area contributed by atoms with Gasteiger partial charge < -0.3 is 4.52 Å². The fourth-order valence-electron chi connectivity index (χ4n) is 1.16. The van der Waals surface area contributed by atoms with Gasteiger partial charge in [-0.05, 0) is 13.0 Å². The Morgan fingerprint density at radius 3 is 2.61 bits per heavy atom. The summed E-state index contributed by atoms with van der Waals surface area (Å²) < 4.78 is 30.9. The van der Waals surface area contributed by atoms with Crippen LogP contribution < -0.4 is 4.72 Å². The number of nitrogens with zero attached hydrogens (tertiary/aromatic N) is 2. The van der Waals surface area contributed by atoms with Crippen molar-refractivity contribution in [2.24, 2.45) is 0 Å². The van der Waals surface area contributed by atoms with Crippen molar-refractivity contribution < 1.29 is 12.9 Å². The summed E-state index contributed by atoms with van der Waals surface area (Å²) in [6.07, 6.45) is 1.10. The predicted molar refractivity (Wildman–Crippen MR) is 66.3 cm³/mol. The maximum absolute atomic E-state index is 11.9. The highest BCUT2D eigenvalue weighted by Gasteiger charge is 2.18. The van der Waals surface area contributed by atoms with Crippen LogP contribution in [0.3, 0.4) is 0 Å². The lowest BCUT2D eigenvalue weighted by Gasteiger charge is -2.05. The van der Waals surface area contributed by atoms with Crippen LogP contribution in [0, 0.1) is 6.92 Å². The minimum atomic E-state index is -3.82. The largest absolute Gasteiger partial charge is 0.360 e. The van der Waals surface area contributed by atoms with Crippen molar-refractivity contribution in [3.8, 4) is 0 Å². The van der Waals surface area contributed by atoms with E-state index in [1.54, 1.807) is 6.92 Å². The molecule has 0 atom stereocenters. The lowest BCUT2D eigenvalue weighted by Crippen LogP contribution is -2.13. The molecule has 2 aromatic heterocycles. The van der Waals surface area contributed by atoms with Crippen LogP contribution >= 0.6 is 23.2 Å². The van der Waals surface area contributed by atoms with E-state index in [4.69, 9.17) is 27.7 Å². The number of nitrogens with one attached hydrogen (secondary N) is 1. The molecule has 0 aliphatic carbocycles. The Morgan fingerprint density at radius 1 is 1.33 bits per heavy atom. The molecule has 0 unspecified atom stereocenters. The zero-order chi connectivity index (χ0) is 13.3. The van der Waals surface area contributed by atoms with Gasteiger partial charge >= 0.3 is 0 Å². The molecule has 0 aromatic carbocycles. The quantitative estimate of drug-likeness (QED) is 0.880. The molecule has 0 saturated heterocycles. The van der Waals surface area contributed by atoms with Gasteiger partial charge in [-0.2, -0.15) is 0 Å². The standard InChI is InChI=1S/C9H7Cl2N3O3S/c1-5-2-8(13-17-5)14-18(15,16)6-3-7(10)9(11)12-4-6/h2-4H,1H3,(H,13,14). The number of sulfonamides is 1. The van der Waals surface area contributed by atoms with Gasteiger partial charge in [-0.3, -0.25) is 4.72 Å². The molecule has 96 valence electrons. The van der Waals surface area contributed by atoms with Crippen LogP contribution in [-0.2, 0) is 10.0 Å². The normalized spacial score (nSPS) is 11.5. The first kappa shape index (κ1) is 13.1. The second kappa shape index (κ2) is 4.75. The van der Waals surface area contributed by atoms with Crippen LogP contribution in [-0.4, -0.2) is 18.6 Å². The van der Waals surface area contributed by atoms with Gasteiger partial charge in [0, 0.05) is 12.3 Å². The van der Waals surface area contributed by atoms with Crippen molar-refractivity contribution >= 4 is 39.0 Å². The minimum absolute atomic E-state index is 0.0351. The first-order valence-electron chi connectivity index (χ1n) is 4.66. The van der Waals surface area contributed by atoms with Crippen LogP contribution in [0.4, 0.5) is 5.82 Å². The van der Waals surface area contributed by atoms with Crippen LogP contribution in [0.15, 0.2) is 27.7 Å². The van der Waals surface area contributed by atoms with Gasteiger partial charge in [-0.25, -0.2) is 13.4 Å². The molecule has 9 heteroatoms. The molecule has 6 nitrogen and oxygen atoms in total. The topological polar surface area (TPSA) is 85.1 Å². The van der Waals surface area contributed by atoms with Crippen molar-refractivity contribution in [1.29, 1.82) is 0 Å². The Labute approximate surface area is 113 Å². The monoisotopic (exact) mass is 307 g/mol. The van der Waals surface area contributed by atoms with Crippen molar-refractivity contribution in [2.75, 3.05) is 4.72 Å². The SMILES string of the molecule is Cc1cc(NS(=O)(=O)c2cnc(Cl)c(Cl)c2)no1. The molecule has 0 spiro atoms. The Bertz CT molecular complexity index is 684. The van der Waals surface area contributed by atoms with Gasteiger partial charge in [0.25, 0.3) is 10.0 Å². The molecule has 2 aromatic rings. The summed E-state index contributed by atoms with van der Waals surface area (Å²) in [6, 6.07) is 2.65. The third-order valence-electron chi connectivity index (χ3n) is 1.95. The van der Waals surface area contributed by atoms with E-state index >= 15 is 0 Å². The van der Waals surface area contributed by atoms with Crippen LogP contribution in [0.5, 0.6) is 0 Å². The first-order chi connectivity index (χ1) is 8.38. The Kier molecular flexibility index (Phi) is 3.47. The van der Waals surface area contributed by atoms with Crippen LogP contribution in [0.2, 0.25) is 10.2 Å². The summed E-state index contributed by atoms with van der Waals surface area (Å²) in [5.41, 5.74) is 0. The second-order valence-corrected chi connectivity index (χ2v) is 5.82. The van der Waals surface area contributed by atoms with E-state index in [1.165, 1.54) is 12.1 Å². The molecule has 0 fully saturated rings. The number of aromatic nitrogens is 2. The molecule has 0 radical (unpaired) electrons. The molecule has 0 bridgehead atoms. The van der Waals surface area contributed by atoms with Gasteiger partial charge in [0.05, 0.1) is 5.02 Å². The van der Waals surface area contributed by atoms with E-state index in [-0.39, 0.29) is 20.9 Å². The lowest BCUT2D eigenvalue weighted by molar-refractivity contribution is 0.400. The summed E-state index contributed by atoms with van der Waals surface area (Å²) in [4.78, 5) is 3.55. The smallest absolute Gasteiger partial charge is 0.264 e. The minimum Gasteiger partial charge on any atom is -0.360 e. The lowest BCUT2D eigenvalue weighted by atomic mass is 10.5. The number of hydrogen-bond acceptors (Lipinski definition) is 5. The molecule has 18 heavy (non-hydrogen) atoms. The van der Waals surface area contributed by atoms with Crippen molar-refractivity contribution in [3.63, 3.8) is 0 Å². The summed E-state index contributed by atoms with van der Waals surface area (Å²) in [5, 5.41) is 3.61. The van der Waals surface area contributed by atoms with Gasteiger partial charge in [0.15, 0.2) is 5.82 Å². The van der Waals surface area contributed by atoms with E-state index in [2.05, 4.69) is 14.9 Å². The highest BCUT2D eigenvalue weighted by Crippen LogP contribution is 2.23. The van der Waals surface area contributed by atoms with Gasteiger partial charge in [0.1, 0.15) is 15.8 Å². The molecule has 1 N–H and O–H groups in total. The third-order valence-corrected chi connectivity index (χ3v) is 3.96. The van der Waals surface area contributed by atoms with Gasteiger partial charge in [0.2, 0.25) is 0 Å². The molecule has 2 heterocycles. The van der Waals surface area contributed by atoms with E-state index in [0.29, 0.717) is 5.76 Å². The second-order valence-electron chi connectivity index (χ2n) is 3.37. The Balaban J connectivity index is 2.33. The average molecular weight is 308 g/mol. The van der Waals surface area contributed by atoms with E-state index in [1.807, 2.05) is 0 Å². The highest BCUT2D eigenvalue weighted by atomic mass is 35.5. The molecule has 0 aliphatic heterocycles. The summed E-state index contributed by atoms with van der Waals surface area (Å²) in [6.45, 7) is 1.64. The van der Waals surface area contributed by atoms with Crippen molar-refractivity contribution in [2.45, 2.75) is 11.8 Å². The fraction of sp³-hybridized carbons (Fsp3) is 0.111. The molecule has 0 aliphatic rings. The summed E-state index contributed by atoms with van der Waals surface area (Å²) in [7, 11) is -3.82. The third kappa shape index (κ3) is 2.74. The maximum Gasteiger partial charge on any atom is 0.264 e. The van der Waals surface area contributed by atoms with Crippen LogP contribution in [0.25, 0.3) is 0 Å². The zero-order valence-corrected chi connectivity index (χ0v) is 11.3. The molecule has 0 amide bonds. The fourth-order valence-corrected chi connectivity index (χ4v) is 2.45. The van der Waals surface area contributed by atoms with Gasteiger partial charge in [-0.15, -0.1) is 0 Å². The molecule has 0 saturated carbocycles. The van der Waals surface area contributed by atoms with Crippen molar-refractivity contribution in [1.82, 2.24) is 10.1 Å². The first-order valence-corrected chi connectivity index (χ1v) is 6.89. The number of rotatable bonds is 3. The maximum atomic E-state index is 11.9. The van der Waals surface area contributed by atoms with Crippen LogP contribution in [0.1, 0.15) is 5.76 Å². The molecule has 2 rings (SSSR count). The molecular formula is C9H7Cl2N3O3S. The summed E-state index contributed by atoms with van der Waals surface area (Å²) >= 11 is 11.3. The van der Waals surface area contributed by atoms with E-state index in [9.17, 15) is 8.42 Å². The highest BCUT2D eigenvalue weighted by molar-refractivity contribution is 7.92. The van der Waals surface area contributed by atoms with Crippen molar-refractivity contribution in [3.05, 3.63) is 34.3 Å². The van der Waals surface area contributed by atoms with E-state index in [0.717, 1.165) is 6.20 Å². The van der Waals surface area contributed by atoms with Gasteiger partial charge in [-0.1, -0.05) is 28.4 Å². The Morgan fingerprint density at radius 2 is 2.06 bits per heavy atom. The number of pyridine rings is 1. The number of aryl methyl sites for hydroxylation is 1. The average Bonchev–Trinajstić information content (AvgIpc) is 2.67. The zero-order valence-electron chi connectivity index (χ0n) is 9.02.